The molecule has 0 spiro atoms. The van der Waals surface area contributed by atoms with E-state index >= 15 is 0 Å². The average Bonchev–Trinajstić information content (AvgIpc) is 3.31. The number of likely N-dealkylation sites (tertiary alicyclic amines) is 1. The fourth-order valence-corrected chi connectivity index (χ4v) is 3.18. The van der Waals surface area contributed by atoms with Crippen molar-refractivity contribution in [2.45, 2.75) is 38.3 Å². The number of piperidine rings is 1. The molecular formula is C17H23FN2O. The molecule has 114 valence electrons. The first-order valence-electron chi connectivity index (χ1n) is 7.87. The maximum atomic E-state index is 13.3. The van der Waals surface area contributed by atoms with Crippen LogP contribution in [0.15, 0.2) is 24.3 Å². The third kappa shape index (κ3) is 3.62. The van der Waals surface area contributed by atoms with E-state index in [0.717, 1.165) is 50.9 Å². The van der Waals surface area contributed by atoms with Gasteiger partial charge in [-0.1, -0.05) is 12.1 Å². The van der Waals surface area contributed by atoms with Crippen LogP contribution in [-0.4, -0.2) is 41.9 Å². The Morgan fingerprint density at radius 2 is 2.19 bits per heavy atom. The zero-order chi connectivity index (χ0) is 14.8. The van der Waals surface area contributed by atoms with E-state index in [4.69, 9.17) is 0 Å². The Hall–Kier alpha value is -1.42. The Morgan fingerprint density at radius 1 is 1.38 bits per heavy atom. The summed E-state index contributed by atoms with van der Waals surface area (Å²) in [6.07, 6.45) is 4.29. The molecule has 1 aromatic rings. The Labute approximate surface area is 125 Å². The van der Waals surface area contributed by atoms with Gasteiger partial charge in [-0.3, -0.25) is 9.69 Å². The zero-order valence-electron chi connectivity index (χ0n) is 12.6. The SMILES string of the molecule is CN(C(=O)C1CC1)C1CCCN(Cc2cccc(F)c2)C1. The van der Waals surface area contributed by atoms with Gasteiger partial charge < -0.3 is 4.90 Å². The summed E-state index contributed by atoms with van der Waals surface area (Å²) in [7, 11) is 1.94. The zero-order valence-corrected chi connectivity index (χ0v) is 12.6. The van der Waals surface area contributed by atoms with E-state index in [1.165, 1.54) is 6.07 Å². The number of carbonyl (C=O) groups is 1. The minimum absolute atomic E-state index is 0.179. The van der Waals surface area contributed by atoms with Crippen molar-refractivity contribution in [2.24, 2.45) is 5.92 Å². The number of rotatable bonds is 4. The summed E-state index contributed by atoms with van der Waals surface area (Å²) in [6.45, 7) is 2.68. The minimum atomic E-state index is -0.179. The van der Waals surface area contributed by atoms with Crippen molar-refractivity contribution in [3.63, 3.8) is 0 Å². The second kappa shape index (κ2) is 6.14. The van der Waals surface area contributed by atoms with Gasteiger partial charge in [-0.05, 0) is 49.9 Å². The fraction of sp³-hybridized carbons (Fsp3) is 0.588. The van der Waals surface area contributed by atoms with Crippen molar-refractivity contribution in [2.75, 3.05) is 20.1 Å². The maximum absolute atomic E-state index is 13.3. The third-order valence-electron chi connectivity index (χ3n) is 4.60. The van der Waals surface area contributed by atoms with E-state index in [9.17, 15) is 9.18 Å². The Kier molecular flexibility index (Phi) is 4.24. The first-order valence-corrected chi connectivity index (χ1v) is 7.87. The molecule has 0 N–H and O–H groups in total. The third-order valence-corrected chi connectivity index (χ3v) is 4.60. The molecular weight excluding hydrogens is 267 g/mol. The van der Waals surface area contributed by atoms with Crippen LogP contribution >= 0.6 is 0 Å². The summed E-state index contributed by atoms with van der Waals surface area (Å²) in [5.41, 5.74) is 1.01. The van der Waals surface area contributed by atoms with E-state index in [1.54, 1.807) is 12.1 Å². The summed E-state index contributed by atoms with van der Waals surface area (Å²) in [5, 5.41) is 0. The minimum Gasteiger partial charge on any atom is -0.341 e. The monoisotopic (exact) mass is 290 g/mol. The van der Waals surface area contributed by atoms with E-state index < -0.39 is 0 Å². The summed E-state index contributed by atoms with van der Waals surface area (Å²) in [5.74, 6) is 0.420. The number of nitrogens with zero attached hydrogens (tertiary/aromatic N) is 2. The van der Waals surface area contributed by atoms with Gasteiger partial charge in [-0.25, -0.2) is 4.39 Å². The van der Waals surface area contributed by atoms with Crippen molar-refractivity contribution < 1.29 is 9.18 Å². The van der Waals surface area contributed by atoms with Gasteiger partial charge in [-0.15, -0.1) is 0 Å². The van der Waals surface area contributed by atoms with Crippen molar-refractivity contribution in [1.82, 2.24) is 9.80 Å². The molecule has 1 heterocycles. The van der Waals surface area contributed by atoms with Gasteiger partial charge in [0.05, 0.1) is 0 Å². The lowest BCUT2D eigenvalue weighted by Gasteiger charge is -2.37. The number of likely N-dealkylation sites (N-methyl/N-ethyl adjacent to an activating group) is 1. The maximum Gasteiger partial charge on any atom is 0.225 e. The molecule has 0 bridgehead atoms. The van der Waals surface area contributed by atoms with Crippen molar-refractivity contribution in [3.8, 4) is 0 Å². The van der Waals surface area contributed by atoms with Crippen LogP contribution in [0.3, 0.4) is 0 Å². The normalized spacial score (nSPS) is 23.0. The molecule has 1 saturated carbocycles. The number of carbonyl (C=O) groups excluding carboxylic acids is 1. The number of amides is 1. The van der Waals surface area contributed by atoms with Crippen LogP contribution < -0.4 is 0 Å². The molecule has 1 saturated heterocycles. The van der Waals surface area contributed by atoms with Gasteiger partial charge in [0, 0.05) is 32.1 Å². The molecule has 2 aliphatic rings. The van der Waals surface area contributed by atoms with Crippen LogP contribution in [0.4, 0.5) is 4.39 Å². The quantitative estimate of drug-likeness (QED) is 0.851. The number of hydrogen-bond acceptors (Lipinski definition) is 2. The summed E-state index contributed by atoms with van der Waals surface area (Å²) in [6, 6.07) is 7.11. The van der Waals surface area contributed by atoms with E-state index in [0.29, 0.717) is 11.9 Å². The van der Waals surface area contributed by atoms with E-state index in [2.05, 4.69) is 4.90 Å². The molecule has 0 radical (unpaired) electrons. The molecule has 3 rings (SSSR count). The van der Waals surface area contributed by atoms with Gasteiger partial charge in [-0.2, -0.15) is 0 Å². The van der Waals surface area contributed by atoms with Crippen LogP contribution in [0.5, 0.6) is 0 Å². The summed E-state index contributed by atoms with van der Waals surface area (Å²) < 4.78 is 13.3. The summed E-state index contributed by atoms with van der Waals surface area (Å²) >= 11 is 0. The highest BCUT2D eigenvalue weighted by atomic mass is 19.1. The Morgan fingerprint density at radius 3 is 2.90 bits per heavy atom. The van der Waals surface area contributed by atoms with Crippen LogP contribution in [0.2, 0.25) is 0 Å². The van der Waals surface area contributed by atoms with Crippen LogP contribution in [0.1, 0.15) is 31.2 Å². The number of halogens is 1. The standard InChI is InChI=1S/C17H23FN2O/c1-19(17(21)14-7-8-14)16-6-3-9-20(12-16)11-13-4-2-5-15(18)10-13/h2,4-5,10,14,16H,3,6-9,11-12H2,1H3. The van der Waals surface area contributed by atoms with Crippen LogP contribution in [0.25, 0.3) is 0 Å². The molecule has 1 atom stereocenters. The Bertz CT molecular complexity index is 515. The van der Waals surface area contributed by atoms with Gasteiger partial charge >= 0.3 is 0 Å². The van der Waals surface area contributed by atoms with Gasteiger partial charge in [0.15, 0.2) is 0 Å². The first-order chi connectivity index (χ1) is 10.1. The van der Waals surface area contributed by atoms with Crippen molar-refractivity contribution in [3.05, 3.63) is 35.6 Å². The lowest BCUT2D eigenvalue weighted by atomic mass is 10.0. The molecule has 1 aliphatic heterocycles. The lowest BCUT2D eigenvalue weighted by Crippen LogP contribution is -2.48. The highest BCUT2D eigenvalue weighted by Crippen LogP contribution is 2.32. The summed E-state index contributed by atoms with van der Waals surface area (Å²) in [4.78, 5) is 16.5. The first kappa shape index (κ1) is 14.5. The molecule has 21 heavy (non-hydrogen) atoms. The number of benzene rings is 1. The highest BCUT2D eigenvalue weighted by Gasteiger charge is 2.35. The van der Waals surface area contributed by atoms with Gasteiger partial charge in [0.1, 0.15) is 5.82 Å². The lowest BCUT2D eigenvalue weighted by molar-refractivity contribution is -0.134. The van der Waals surface area contributed by atoms with E-state index in [1.807, 2.05) is 18.0 Å². The largest absolute Gasteiger partial charge is 0.341 e. The molecule has 3 nitrogen and oxygen atoms in total. The van der Waals surface area contributed by atoms with Gasteiger partial charge in [0.25, 0.3) is 0 Å². The van der Waals surface area contributed by atoms with E-state index in [-0.39, 0.29) is 11.7 Å². The van der Waals surface area contributed by atoms with Crippen molar-refractivity contribution >= 4 is 5.91 Å². The second-order valence-electron chi connectivity index (χ2n) is 6.38. The second-order valence-corrected chi connectivity index (χ2v) is 6.38. The Balaban J connectivity index is 1.58. The molecule has 1 aromatic carbocycles. The molecule has 1 amide bonds. The molecule has 1 unspecified atom stereocenters. The smallest absolute Gasteiger partial charge is 0.225 e. The predicted molar refractivity (Wildman–Crippen MR) is 80.2 cm³/mol. The molecule has 1 aliphatic carbocycles. The van der Waals surface area contributed by atoms with Crippen molar-refractivity contribution in [1.29, 1.82) is 0 Å². The molecule has 0 aromatic heterocycles. The van der Waals surface area contributed by atoms with Crippen LogP contribution in [0, 0.1) is 11.7 Å². The van der Waals surface area contributed by atoms with Crippen LogP contribution in [-0.2, 0) is 11.3 Å². The van der Waals surface area contributed by atoms with Gasteiger partial charge in [0.2, 0.25) is 5.91 Å². The number of hydrogen-bond donors (Lipinski definition) is 0. The molecule has 4 heteroatoms. The fourth-order valence-electron chi connectivity index (χ4n) is 3.18. The average molecular weight is 290 g/mol. The molecule has 2 fully saturated rings. The highest BCUT2D eigenvalue weighted by molar-refractivity contribution is 5.81. The topological polar surface area (TPSA) is 23.6 Å². The predicted octanol–water partition coefficient (Wildman–Crippen LogP) is 2.66.